The van der Waals surface area contributed by atoms with Gasteiger partial charge in [-0.15, -0.1) is 0 Å². The minimum absolute atomic E-state index is 0.0758. The number of aryl methyl sites for hydroxylation is 2. The third-order valence-corrected chi connectivity index (χ3v) is 8.25. The Morgan fingerprint density at radius 1 is 0.763 bits per heavy atom. The number of hydrogen-bond donors (Lipinski definition) is 1. The first-order valence-electron chi connectivity index (χ1n) is 13.0. The number of hydrogen-bond acceptors (Lipinski definition) is 4. The van der Waals surface area contributed by atoms with Gasteiger partial charge in [-0.1, -0.05) is 108 Å². The average molecular weight is 501 g/mol. The Labute approximate surface area is 222 Å². The van der Waals surface area contributed by atoms with Gasteiger partial charge >= 0.3 is 0 Å². The molecule has 0 radical (unpaired) electrons. The summed E-state index contributed by atoms with van der Waals surface area (Å²) in [5, 5.41) is 12.4. The quantitative estimate of drug-likeness (QED) is 0.325. The van der Waals surface area contributed by atoms with Crippen molar-refractivity contribution in [3.63, 3.8) is 0 Å². The SMILES string of the molecule is Cc1ccc2c(c1)[C@@H](CC(=O)c1ccccc1)[C@H](C(=O)c1ccccc1)[C@H]1c3cc(C)ccc3C(=O)[C@@]21O. The molecular weight excluding hydrogens is 472 g/mol. The Balaban J connectivity index is 1.62. The summed E-state index contributed by atoms with van der Waals surface area (Å²) in [6.07, 6.45) is 0.0889. The number of carbonyl (C=O) groups is 3. The molecule has 0 unspecified atom stereocenters. The number of fused-ring (bicyclic) bond motifs is 5. The van der Waals surface area contributed by atoms with E-state index in [0.717, 1.165) is 11.1 Å². The molecule has 0 bridgehead atoms. The summed E-state index contributed by atoms with van der Waals surface area (Å²) in [6.45, 7) is 3.88. The first-order chi connectivity index (χ1) is 18.3. The van der Waals surface area contributed by atoms with Crippen molar-refractivity contribution in [3.8, 4) is 0 Å². The van der Waals surface area contributed by atoms with E-state index in [1.165, 1.54) is 0 Å². The normalized spacial score (nSPS) is 23.3. The zero-order valence-corrected chi connectivity index (χ0v) is 21.3. The fraction of sp³-hybridized carbons (Fsp3) is 0.206. The molecule has 4 atom stereocenters. The van der Waals surface area contributed by atoms with Crippen LogP contribution in [0.4, 0.5) is 0 Å². The van der Waals surface area contributed by atoms with Crippen LogP contribution in [0.1, 0.15) is 77.1 Å². The van der Waals surface area contributed by atoms with Crippen LogP contribution in [0.5, 0.6) is 0 Å². The van der Waals surface area contributed by atoms with Crippen LogP contribution in [0.25, 0.3) is 0 Å². The predicted octanol–water partition coefficient (Wildman–Crippen LogP) is 6.34. The maximum atomic E-state index is 14.4. The third-order valence-electron chi connectivity index (χ3n) is 8.25. The summed E-state index contributed by atoms with van der Waals surface area (Å²) in [6, 6.07) is 29.2. The van der Waals surface area contributed by atoms with Gasteiger partial charge in [-0.05, 0) is 30.5 Å². The molecule has 188 valence electrons. The highest BCUT2D eigenvalue weighted by Crippen LogP contribution is 2.60. The second-order valence-electron chi connectivity index (χ2n) is 10.6. The van der Waals surface area contributed by atoms with Gasteiger partial charge in [0.2, 0.25) is 0 Å². The Kier molecular flexibility index (Phi) is 5.73. The molecule has 4 nitrogen and oxygen atoms in total. The summed E-state index contributed by atoms with van der Waals surface area (Å²) < 4.78 is 0. The number of benzene rings is 4. The van der Waals surface area contributed by atoms with Crippen molar-refractivity contribution in [1.82, 2.24) is 0 Å². The molecule has 38 heavy (non-hydrogen) atoms. The minimum atomic E-state index is -1.89. The maximum Gasteiger partial charge on any atom is 0.199 e. The van der Waals surface area contributed by atoms with Crippen LogP contribution in [-0.4, -0.2) is 22.5 Å². The summed E-state index contributed by atoms with van der Waals surface area (Å²) in [4.78, 5) is 41.9. The van der Waals surface area contributed by atoms with Gasteiger partial charge in [-0.25, -0.2) is 0 Å². The summed E-state index contributed by atoms with van der Waals surface area (Å²) in [5.41, 5.74) is 3.38. The van der Waals surface area contributed by atoms with E-state index in [0.29, 0.717) is 33.4 Å². The second-order valence-corrected chi connectivity index (χ2v) is 10.6. The maximum absolute atomic E-state index is 14.4. The number of carbonyl (C=O) groups excluding carboxylic acids is 3. The molecule has 1 N–H and O–H groups in total. The Morgan fingerprint density at radius 2 is 1.34 bits per heavy atom. The summed E-state index contributed by atoms with van der Waals surface area (Å²) in [7, 11) is 0. The van der Waals surface area contributed by atoms with E-state index in [1.807, 2.05) is 74.5 Å². The van der Waals surface area contributed by atoms with Gasteiger partial charge in [0.05, 0.1) is 0 Å². The summed E-state index contributed by atoms with van der Waals surface area (Å²) in [5.74, 6) is -2.77. The largest absolute Gasteiger partial charge is 0.376 e. The molecule has 0 saturated carbocycles. The predicted molar refractivity (Wildman–Crippen MR) is 146 cm³/mol. The van der Waals surface area contributed by atoms with E-state index in [9.17, 15) is 19.5 Å². The number of Topliss-reactive ketones (excluding diaryl/α,β-unsaturated/α-hetero) is 3. The first kappa shape index (κ1) is 24.2. The minimum Gasteiger partial charge on any atom is -0.376 e. The van der Waals surface area contributed by atoms with Crippen molar-refractivity contribution < 1.29 is 19.5 Å². The molecular formula is C34H28O4. The van der Waals surface area contributed by atoms with Crippen LogP contribution in [0, 0.1) is 19.8 Å². The molecule has 2 aliphatic rings. The van der Waals surface area contributed by atoms with Crippen LogP contribution in [0.3, 0.4) is 0 Å². The van der Waals surface area contributed by atoms with Crippen LogP contribution in [0.15, 0.2) is 97.1 Å². The molecule has 0 fully saturated rings. The first-order valence-corrected chi connectivity index (χ1v) is 13.0. The molecule has 0 spiro atoms. The van der Waals surface area contributed by atoms with Gasteiger partial charge in [0.15, 0.2) is 23.0 Å². The van der Waals surface area contributed by atoms with Gasteiger partial charge in [0, 0.05) is 40.9 Å². The van der Waals surface area contributed by atoms with Gasteiger partial charge in [0.25, 0.3) is 0 Å². The molecule has 0 amide bonds. The second kappa shape index (κ2) is 9.00. The monoisotopic (exact) mass is 500 g/mol. The highest BCUT2D eigenvalue weighted by atomic mass is 16.3. The third kappa shape index (κ3) is 3.59. The molecule has 0 aliphatic heterocycles. The molecule has 6 rings (SSSR count). The molecule has 4 aromatic rings. The lowest BCUT2D eigenvalue weighted by Gasteiger charge is -2.45. The lowest BCUT2D eigenvalue weighted by Crippen LogP contribution is -2.48. The summed E-state index contributed by atoms with van der Waals surface area (Å²) >= 11 is 0. The van der Waals surface area contributed by atoms with Crippen LogP contribution >= 0.6 is 0 Å². The van der Waals surface area contributed by atoms with Crippen molar-refractivity contribution in [3.05, 3.63) is 142 Å². The van der Waals surface area contributed by atoms with E-state index in [1.54, 1.807) is 36.4 Å². The van der Waals surface area contributed by atoms with Crippen molar-refractivity contribution in [2.24, 2.45) is 5.92 Å². The Bertz CT molecular complexity index is 1590. The zero-order chi connectivity index (χ0) is 26.6. The van der Waals surface area contributed by atoms with E-state index in [4.69, 9.17) is 0 Å². The molecule has 4 aromatic carbocycles. The van der Waals surface area contributed by atoms with E-state index >= 15 is 0 Å². The van der Waals surface area contributed by atoms with E-state index < -0.39 is 23.4 Å². The highest BCUT2D eigenvalue weighted by Gasteiger charge is 2.62. The number of ketones is 3. The van der Waals surface area contributed by atoms with E-state index in [-0.39, 0.29) is 23.8 Å². The van der Waals surface area contributed by atoms with Crippen molar-refractivity contribution >= 4 is 17.3 Å². The molecule has 2 aliphatic carbocycles. The van der Waals surface area contributed by atoms with E-state index in [2.05, 4.69) is 0 Å². The average Bonchev–Trinajstić information content (AvgIpc) is 3.15. The Hall–Kier alpha value is -4.15. The lowest BCUT2D eigenvalue weighted by molar-refractivity contribution is -0.00162. The fourth-order valence-corrected chi connectivity index (χ4v) is 6.53. The standard InChI is InChI=1S/C34H28O4/c1-20-13-15-24-27(18-20)31-30(32(36)23-11-7-4-8-12-23)26(19-29(35)22-9-5-3-6-10-22)25-17-21(2)14-16-28(25)34(31,38)33(24)37/h3-18,26,30-31,38H,19H2,1-2H3/t26-,30+,31-,34-/m1/s1. The van der Waals surface area contributed by atoms with Crippen molar-refractivity contribution in [2.75, 3.05) is 0 Å². The molecule has 0 aromatic heterocycles. The molecule has 0 heterocycles. The Morgan fingerprint density at radius 3 is 2.00 bits per heavy atom. The van der Waals surface area contributed by atoms with Crippen molar-refractivity contribution in [2.45, 2.75) is 37.7 Å². The number of rotatable bonds is 5. The van der Waals surface area contributed by atoms with Crippen LogP contribution in [-0.2, 0) is 5.60 Å². The van der Waals surface area contributed by atoms with Gasteiger partial charge in [0.1, 0.15) is 0 Å². The van der Waals surface area contributed by atoms with Gasteiger partial charge in [-0.2, -0.15) is 0 Å². The van der Waals surface area contributed by atoms with Crippen LogP contribution in [0.2, 0.25) is 0 Å². The molecule has 0 saturated heterocycles. The van der Waals surface area contributed by atoms with Crippen LogP contribution < -0.4 is 0 Å². The molecule has 4 heteroatoms. The van der Waals surface area contributed by atoms with Gasteiger partial charge < -0.3 is 5.11 Å². The zero-order valence-electron chi connectivity index (χ0n) is 21.3. The van der Waals surface area contributed by atoms with Crippen molar-refractivity contribution in [1.29, 1.82) is 0 Å². The topological polar surface area (TPSA) is 71.4 Å². The number of aliphatic hydroxyl groups is 1. The van der Waals surface area contributed by atoms with Gasteiger partial charge in [-0.3, -0.25) is 14.4 Å². The highest BCUT2D eigenvalue weighted by molar-refractivity contribution is 6.11. The smallest absolute Gasteiger partial charge is 0.199 e. The lowest BCUT2D eigenvalue weighted by atomic mass is 9.58. The fourth-order valence-electron chi connectivity index (χ4n) is 6.53.